The molecule has 0 bridgehead atoms. The van der Waals surface area contributed by atoms with E-state index in [-0.39, 0.29) is 11.9 Å². The summed E-state index contributed by atoms with van der Waals surface area (Å²) in [5, 5.41) is 6.00. The molecule has 0 aliphatic carbocycles. The van der Waals surface area contributed by atoms with Crippen molar-refractivity contribution < 1.29 is 4.39 Å². The van der Waals surface area contributed by atoms with E-state index in [4.69, 9.17) is 11.6 Å². The Morgan fingerprint density at radius 2 is 2.10 bits per heavy atom. The Kier molecular flexibility index (Phi) is 4.60. The number of likely N-dealkylation sites (N-methyl/N-ethyl adjacent to an activating group) is 1. The highest BCUT2D eigenvalue weighted by Crippen LogP contribution is 2.35. The third kappa shape index (κ3) is 3.29. The molecular formula is C16H15ClFNS2. The van der Waals surface area contributed by atoms with E-state index in [1.54, 1.807) is 34.8 Å². The number of hydrogen-bond donors (Lipinski definition) is 1. The van der Waals surface area contributed by atoms with Gasteiger partial charge in [0.15, 0.2) is 0 Å². The first-order chi connectivity index (χ1) is 10.2. The van der Waals surface area contributed by atoms with Gasteiger partial charge < -0.3 is 5.32 Å². The van der Waals surface area contributed by atoms with Crippen LogP contribution in [0.2, 0.25) is 5.02 Å². The summed E-state index contributed by atoms with van der Waals surface area (Å²) < 4.78 is 16.6. The Labute approximate surface area is 136 Å². The van der Waals surface area contributed by atoms with Gasteiger partial charge in [-0.05, 0) is 48.2 Å². The number of fused-ring (bicyclic) bond motifs is 1. The molecular weight excluding hydrogens is 325 g/mol. The highest BCUT2D eigenvalue weighted by Gasteiger charge is 2.17. The molecule has 1 nitrogen and oxygen atoms in total. The van der Waals surface area contributed by atoms with Crippen LogP contribution in [0.5, 0.6) is 0 Å². The Hall–Kier alpha value is -0.940. The van der Waals surface area contributed by atoms with Crippen LogP contribution in [0.3, 0.4) is 0 Å². The summed E-state index contributed by atoms with van der Waals surface area (Å²) >= 11 is 9.34. The van der Waals surface area contributed by atoms with Gasteiger partial charge >= 0.3 is 0 Å². The number of hydrogen-bond acceptors (Lipinski definition) is 3. The molecule has 0 spiro atoms. The normalized spacial score (nSPS) is 12.9. The van der Waals surface area contributed by atoms with Crippen molar-refractivity contribution >= 4 is 43.7 Å². The van der Waals surface area contributed by atoms with Gasteiger partial charge in [-0.25, -0.2) is 4.39 Å². The smallest absolute Gasteiger partial charge is 0.127 e. The molecule has 0 radical (unpaired) electrons. The molecule has 110 valence electrons. The van der Waals surface area contributed by atoms with Crippen molar-refractivity contribution in [2.24, 2.45) is 0 Å². The lowest BCUT2D eigenvalue weighted by atomic mass is 10.0. The van der Waals surface area contributed by atoms with Gasteiger partial charge in [0.05, 0.1) is 0 Å². The Morgan fingerprint density at radius 1 is 1.24 bits per heavy atom. The van der Waals surface area contributed by atoms with Crippen molar-refractivity contribution in [2.45, 2.75) is 19.4 Å². The van der Waals surface area contributed by atoms with E-state index in [0.29, 0.717) is 17.0 Å². The predicted octanol–water partition coefficient (Wildman–Crippen LogP) is 5.65. The van der Waals surface area contributed by atoms with Crippen LogP contribution >= 0.6 is 34.3 Å². The number of halogens is 2. The van der Waals surface area contributed by atoms with Gasteiger partial charge in [-0.3, -0.25) is 0 Å². The van der Waals surface area contributed by atoms with E-state index in [9.17, 15) is 4.39 Å². The molecule has 5 heteroatoms. The fraction of sp³-hybridized carbons (Fsp3) is 0.250. The first kappa shape index (κ1) is 15.0. The average Bonchev–Trinajstić information content (AvgIpc) is 3.02. The molecule has 0 saturated heterocycles. The lowest BCUT2D eigenvalue weighted by Crippen LogP contribution is -2.22. The van der Waals surface area contributed by atoms with E-state index in [0.717, 1.165) is 6.54 Å². The van der Waals surface area contributed by atoms with Crippen molar-refractivity contribution in [3.05, 3.63) is 57.0 Å². The monoisotopic (exact) mass is 339 g/mol. The molecule has 1 unspecified atom stereocenters. The van der Waals surface area contributed by atoms with Crippen molar-refractivity contribution in [3.63, 3.8) is 0 Å². The van der Waals surface area contributed by atoms with Crippen molar-refractivity contribution in [3.8, 4) is 0 Å². The maximum Gasteiger partial charge on any atom is 0.127 e. The second-order valence-corrected chi connectivity index (χ2v) is 7.35. The number of nitrogens with one attached hydrogen (secondary N) is 1. The summed E-state index contributed by atoms with van der Waals surface area (Å²) in [6.45, 7) is 2.92. The predicted molar refractivity (Wildman–Crippen MR) is 91.2 cm³/mol. The van der Waals surface area contributed by atoms with Crippen LogP contribution in [-0.4, -0.2) is 6.54 Å². The van der Waals surface area contributed by atoms with Gasteiger partial charge in [0.1, 0.15) is 5.82 Å². The van der Waals surface area contributed by atoms with Crippen molar-refractivity contribution in [1.29, 1.82) is 0 Å². The molecule has 1 N–H and O–H groups in total. The third-order valence-electron chi connectivity index (χ3n) is 3.39. The van der Waals surface area contributed by atoms with Gasteiger partial charge in [-0.2, -0.15) is 0 Å². The minimum atomic E-state index is -0.233. The third-order valence-corrected chi connectivity index (χ3v) is 5.83. The largest absolute Gasteiger partial charge is 0.309 e. The van der Waals surface area contributed by atoms with Gasteiger partial charge in [0.25, 0.3) is 0 Å². The quantitative estimate of drug-likeness (QED) is 0.633. The number of thiophene rings is 2. The minimum absolute atomic E-state index is 0.135. The second kappa shape index (κ2) is 6.44. The molecule has 3 rings (SSSR count). The Bertz CT molecular complexity index is 721. The topological polar surface area (TPSA) is 12.0 Å². The van der Waals surface area contributed by atoms with Crippen LogP contribution in [0.4, 0.5) is 4.39 Å². The first-order valence-corrected chi connectivity index (χ1v) is 8.89. The summed E-state index contributed by atoms with van der Waals surface area (Å²) in [6, 6.07) is 9.39. The molecule has 3 aromatic rings. The van der Waals surface area contributed by atoms with Gasteiger partial charge in [-0.1, -0.05) is 24.6 Å². The molecule has 2 aromatic heterocycles. The van der Waals surface area contributed by atoms with Crippen LogP contribution in [-0.2, 0) is 6.42 Å². The van der Waals surface area contributed by atoms with E-state index < -0.39 is 0 Å². The number of benzene rings is 1. The molecule has 0 amide bonds. The summed E-state index contributed by atoms with van der Waals surface area (Å²) in [4.78, 5) is 1.26. The Morgan fingerprint density at radius 3 is 2.81 bits per heavy atom. The Balaban J connectivity index is 1.88. The molecule has 0 fully saturated rings. The lowest BCUT2D eigenvalue weighted by molar-refractivity contribution is 0.534. The van der Waals surface area contributed by atoms with E-state index in [1.165, 1.54) is 20.3 Å². The van der Waals surface area contributed by atoms with Crippen LogP contribution in [0, 0.1) is 5.82 Å². The molecule has 1 atom stereocenters. The maximum atomic E-state index is 14.0. The average molecular weight is 340 g/mol. The molecule has 2 heterocycles. The van der Waals surface area contributed by atoms with Crippen LogP contribution in [0.1, 0.15) is 23.4 Å². The summed E-state index contributed by atoms with van der Waals surface area (Å²) in [5.74, 6) is -0.233. The minimum Gasteiger partial charge on any atom is -0.309 e. The van der Waals surface area contributed by atoms with Gasteiger partial charge in [0, 0.05) is 25.3 Å². The molecule has 1 aromatic carbocycles. The molecule has 0 aliphatic heterocycles. The molecule has 0 saturated carbocycles. The fourth-order valence-corrected chi connectivity index (χ4v) is 4.74. The first-order valence-electron chi connectivity index (χ1n) is 6.81. The molecule has 0 aliphatic rings. The van der Waals surface area contributed by atoms with Crippen LogP contribution in [0.15, 0.2) is 35.7 Å². The van der Waals surface area contributed by atoms with E-state index in [1.807, 2.05) is 0 Å². The SMILES string of the molecule is CCNC(Cc1ccc(Cl)cc1F)c1cc2sccc2s1. The zero-order chi connectivity index (χ0) is 14.8. The van der Waals surface area contributed by atoms with Crippen LogP contribution in [0.25, 0.3) is 9.40 Å². The summed E-state index contributed by atoms with van der Waals surface area (Å²) in [7, 11) is 0. The highest BCUT2D eigenvalue weighted by atomic mass is 35.5. The van der Waals surface area contributed by atoms with Crippen molar-refractivity contribution in [2.75, 3.05) is 6.54 Å². The zero-order valence-electron chi connectivity index (χ0n) is 11.5. The van der Waals surface area contributed by atoms with Crippen molar-refractivity contribution in [1.82, 2.24) is 5.32 Å². The maximum absolute atomic E-state index is 14.0. The van der Waals surface area contributed by atoms with E-state index in [2.05, 4.69) is 29.8 Å². The molecule has 21 heavy (non-hydrogen) atoms. The van der Waals surface area contributed by atoms with E-state index >= 15 is 0 Å². The van der Waals surface area contributed by atoms with Gasteiger partial charge in [0.2, 0.25) is 0 Å². The van der Waals surface area contributed by atoms with Gasteiger partial charge in [-0.15, -0.1) is 22.7 Å². The second-order valence-electron chi connectivity index (χ2n) is 4.85. The summed E-state index contributed by atoms with van der Waals surface area (Å²) in [5.41, 5.74) is 0.696. The summed E-state index contributed by atoms with van der Waals surface area (Å²) in [6.07, 6.45) is 0.630. The lowest BCUT2D eigenvalue weighted by Gasteiger charge is -2.17. The van der Waals surface area contributed by atoms with Crippen LogP contribution < -0.4 is 5.32 Å². The fourth-order valence-electron chi connectivity index (χ4n) is 2.38. The zero-order valence-corrected chi connectivity index (χ0v) is 13.9. The number of rotatable bonds is 5. The standard InChI is InChI=1S/C16H15ClFNS2/c1-2-19-13(7-10-3-4-11(17)8-12(10)18)15-9-16-14(21-15)5-6-20-16/h3-6,8-9,13,19H,2,7H2,1H3. The highest BCUT2D eigenvalue weighted by molar-refractivity contribution is 7.26.